The number of benzene rings is 6. The van der Waals surface area contributed by atoms with Gasteiger partial charge in [-0.3, -0.25) is 9.55 Å². The van der Waals surface area contributed by atoms with E-state index in [0.717, 1.165) is 50.2 Å². The SMILES string of the molecule is [2H]C([2H])([2H])c1cc(-c2cc(C(C)(C)C)cc(C(C)(C)C)c2)ccc1-n1c(-c2ccccc2O)nc2c(-c3[c-]c(-c4cc(-c5ccc(C)cc5)ccn4)cc(C(C)(C)C)c3)cccc21.[Pt]. The van der Waals surface area contributed by atoms with Gasteiger partial charge < -0.3 is 5.11 Å². The summed E-state index contributed by atoms with van der Waals surface area (Å²) in [5.41, 5.74) is 14.0. The van der Waals surface area contributed by atoms with Crippen molar-refractivity contribution < 1.29 is 30.3 Å². The van der Waals surface area contributed by atoms with E-state index in [9.17, 15) is 5.11 Å². The van der Waals surface area contributed by atoms with Gasteiger partial charge in [-0.1, -0.05) is 158 Å². The molecule has 0 fully saturated rings. The van der Waals surface area contributed by atoms with Crippen molar-refractivity contribution in [1.29, 1.82) is 0 Å². The van der Waals surface area contributed by atoms with Crippen LogP contribution in [0.3, 0.4) is 0 Å². The molecule has 61 heavy (non-hydrogen) atoms. The van der Waals surface area contributed by atoms with E-state index in [0.29, 0.717) is 28.1 Å². The van der Waals surface area contributed by atoms with E-state index >= 15 is 0 Å². The average Bonchev–Trinajstić information content (AvgIpc) is 3.62. The second kappa shape index (κ2) is 16.4. The fourth-order valence-electron chi connectivity index (χ4n) is 7.76. The Morgan fingerprint density at radius 1 is 0.590 bits per heavy atom. The van der Waals surface area contributed by atoms with E-state index in [1.165, 1.54) is 16.7 Å². The number of hydrogen-bond donors (Lipinski definition) is 1. The van der Waals surface area contributed by atoms with Crippen molar-refractivity contribution in [1.82, 2.24) is 14.5 Å². The van der Waals surface area contributed by atoms with Crippen LogP contribution in [0.4, 0.5) is 0 Å². The molecule has 0 saturated carbocycles. The number of phenolic OH excluding ortho intramolecular Hbond substituents is 1. The Bertz CT molecular complexity index is 2980. The topological polar surface area (TPSA) is 50.9 Å². The van der Waals surface area contributed by atoms with Crippen molar-refractivity contribution >= 4 is 11.0 Å². The number of imidazole rings is 1. The summed E-state index contributed by atoms with van der Waals surface area (Å²) in [4.78, 5) is 10.2. The maximum atomic E-state index is 11.4. The standard InChI is InChI=1S/C56H56N3O.Pt/c1-35-19-21-37(22-20-35)39-25-26-57-48(33-39)42-28-41(31-43(32-42)54(3,4)5)46-16-14-17-50-52(46)58-53(47-15-12-13-18-51(47)60)59(50)49-24-23-38(27-36(49)2)40-29-44(55(6,7)8)34-45(30-40)56(9,10)11;/h12-27,29-34,60H,1-11H3;/q-1;/i2D3;. The zero-order valence-electron chi connectivity index (χ0n) is 39.8. The van der Waals surface area contributed by atoms with Crippen molar-refractivity contribution in [3.05, 3.63) is 167 Å². The van der Waals surface area contributed by atoms with E-state index in [4.69, 9.17) is 14.1 Å². The van der Waals surface area contributed by atoms with Crippen molar-refractivity contribution in [2.24, 2.45) is 0 Å². The van der Waals surface area contributed by atoms with Crippen molar-refractivity contribution in [3.8, 4) is 67.5 Å². The van der Waals surface area contributed by atoms with Gasteiger partial charge in [-0.2, -0.15) is 0 Å². The maximum Gasteiger partial charge on any atom is 0.148 e. The number of para-hydroxylation sites is 2. The molecular weight excluding hydrogens is 926 g/mol. The first-order valence-corrected chi connectivity index (χ1v) is 20.8. The summed E-state index contributed by atoms with van der Waals surface area (Å²) < 4.78 is 28.8. The number of aryl methyl sites for hydroxylation is 2. The van der Waals surface area contributed by atoms with Crippen LogP contribution >= 0.6 is 0 Å². The minimum atomic E-state index is -2.49. The van der Waals surface area contributed by atoms with Crippen LogP contribution in [0.25, 0.3) is 72.7 Å². The van der Waals surface area contributed by atoms with Crippen LogP contribution in [-0.4, -0.2) is 19.6 Å². The number of aromatic nitrogens is 3. The van der Waals surface area contributed by atoms with Crippen LogP contribution in [0.5, 0.6) is 5.75 Å². The Morgan fingerprint density at radius 3 is 1.85 bits per heavy atom. The number of hydrogen-bond acceptors (Lipinski definition) is 3. The van der Waals surface area contributed by atoms with E-state index in [-0.39, 0.29) is 48.6 Å². The molecular formula is C56H56N3OPt-. The summed E-state index contributed by atoms with van der Waals surface area (Å²) in [7, 11) is 0. The minimum Gasteiger partial charge on any atom is -0.507 e. The molecule has 0 bridgehead atoms. The van der Waals surface area contributed by atoms with Gasteiger partial charge in [0.15, 0.2) is 0 Å². The van der Waals surface area contributed by atoms with Crippen LogP contribution in [-0.2, 0) is 37.3 Å². The summed E-state index contributed by atoms with van der Waals surface area (Å²) in [5.74, 6) is 0.470. The van der Waals surface area contributed by atoms with E-state index in [1.807, 2.05) is 65.4 Å². The van der Waals surface area contributed by atoms with Gasteiger partial charge in [0, 0.05) is 37.1 Å². The maximum absolute atomic E-state index is 11.4. The monoisotopic (exact) mass is 984 g/mol. The third-order valence-electron chi connectivity index (χ3n) is 11.5. The summed E-state index contributed by atoms with van der Waals surface area (Å²) in [5, 5.41) is 11.4. The van der Waals surface area contributed by atoms with Gasteiger partial charge >= 0.3 is 0 Å². The molecule has 0 unspecified atom stereocenters. The van der Waals surface area contributed by atoms with Crippen LogP contribution in [0.15, 0.2) is 134 Å². The first kappa shape index (κ1) is 39.6. The Morgan fingerprint density at radius 2 is 1.20 bits per heavy atom. The molecule has 0 radical (unpaired) electrons. The first-order valence-electron chi connectivity index (χ1n) is 22.3. The Labute approximate surface area is 381 Å². The first-order chi connectivity index (χ1) is 29.6. The number of aromatic hydroxyl groups is 1. The third-order valence-corrected chi connectivity index (χ3v) is 11.5. The molecule has 2 heterocycles. The van der Waals surface area contributed by atoms with Gasteiger partial charge in [0.05, 0.1) is 22.3 Å². The number of fused-ring (bicyclic) bond motifs is 1. The van der Waals surface area contributed by atoms with Crippen molar-refractivity contribution in [2.75, 3.05) is 0 Å². The molecule has 0 atom stereocenters. The normalized spacial score (nSPS) is 13.0. The van der Waals surface area contributed by atoms with Gasteiger partial charge in [0.2, 0.25) is 0 Å². The summed E-state index contributed by atoms with van der Waals surface area (Å²) in [6, 6.07) is 46.1. The quantitative estimate of drug-likeness (QED) is 0.169. The number of pyridine rings is 1. The van der Waals surface area contributed by atoms with Gasteiger partial charge in [0.25, 0.3) is 0 Å². The zero-order valence-corrected chi connectivity index (χ0v) is 39.1. The molecule has 0 amide bonds. The molecule has 312 valence electrons. The van der Waals surface area contributed by atoms with Gasteiger partial charge in [0.1, 0.15) is 11.6 Å². The summed E-state index contributed by atoms with van der Waals surface area (Å²) in [6.07, 6.45) is 1.85. The molecule has 8 aromatic rings. The number of nitrogens with zero attached hydrogens (tertiary/aromatic N) is 3. The van der Waals surface area contributed by atoms with E-state index in [2.05, 4.69) is 136 Å². The predicted molar refractivity (Wildman–Crippen MR) is 252 cm³/mol. The molecule has 0 aliphatic rings. The van der Waals surface area contributed by atoms with E-state index < -0.39 is 6.85 Å². The van der Waals surface area contributed by atoms with Crippen molar-refractivity contribution in [3.63, 3.8) is 0 Å². The molecule has 6 aromatic carbocycles. The van der Waals surface area contributed by atoms with Gasteiger partial charge in [-0.05, 0) is 105 Å². The van der Waals surface area contributed by atoms with Crippen LogP contribution in [0.2, 0.25) is 0 Å². The predicted octanol–water partition coefficient (Wildman–Crippen LogP) is 14.8. The molecule has 8 rings (SSSR count). The summed E-state index contributed by atoms with van der Waals surface area (Å²) in [6.45, 7) is 19.4. The molecule has 4 nitrogen and oxygen atoms in total. The summed E-state index contributed by atoms with van der Waals surface area (Å²) >= 11 is 0. The average molecular weight is 985 g/mol. The van der Waals surface area contributed by atoms with Crippen molar-refractivity contribution in [2.45, 2.75) is 92.3 Å². The molecule has 0 aliphatic heterocycles. The number of phenols is 1. The van der Waals surface area contributed by atoms with E-state index in [1.54, 1.807) is 12.1 Å². The molecule has 2 aromatic heterocycles. The van der Waals surface area contributed by atoms with Crippen LogP contribution < -0.4 is 0 Å². The zero-order chi connectivity index (χ0) is 45.2. The Hall–Kier alpha value is -5.57. The third kappa shape index (κ3) is 8.79. The van der Waals surface area contributed by atoms with Crippen LogP contribution in [0, 0.1) is 19.8 Å². The largest absolute Gasteiger partial charge is 0.507 e. The molecule has 0 aliphatic carbocycles. The van der Waals surface area contributed by atoms with Gasteiger partial charge in [-0.15, -0.1) is 29.3 Å². The molecule has 5 heteroatoms. The number of rotatable bonds is 6. The second-order valence-electron chi connectivity index (χ2n) is 19.2. The minimum absolute atomic E-state index is 0. The van der Waals surface area contributed by atoms with Gasteiger partial charge in [-0.25, -0.2) is 4.98 Å². The Kier molecular flexibility index (Phi) is 10.6. The molecule has 0 spiro atoms. The second-order valence-corrected chi connectivity index (χ2v) is 19.2. The smallest absolute Gasteiger partial charge is 0.148 e. The molecule has 0 saturated heterocycles. The molecule has 1 N–H and O–H groups in total. The van der Waals surface area contributed by atoms with Crippen LogP contribution in [0.1, 0.15) is 94.2 Å². The fourth-order valence-corrected chi connectivity index (χ4v) is 7.76. The Balaban J connectivity index is 0.00000612. The fraction of sp³-hybridized carbons (Fsp3) is 0.250.